The van der Waals surface area contributed by atoms with E-state index in [0.29, 0.717) is 29.9 Å². The summed E-state index contributed by atoms with van der Waals surface area (Å²) < 4.78 is 0. The van der Waals surface area contributed by atoms with Crippen molar-refractivity contribution in [2.24, 2.45) is 0 Å². The van der Waals surface area contributed by atoms with Gasteiger partial charge in [0.05, 0.1) is 0 Å². The highest BCUT2D eigenvalue weighted by Crippen LogP contribution is 2.21. The van der Waals surface area contributed by atoms with Gasteiger partial charge in [-0.2, -0.15) is 0 Å². The second-order valence-corrected chi connectivity index (χ2v) is 6.37. The zero-order valence-corrected chi connectivity index (χ0v) is 14.7. The van der Waals surface area contributed by atoms with Crippen molar-refractivity contribution in [3.8, 4) is 0 Å². The van der Waals surface area contributed by atoms with Crippen molar-refractivity contribution in [3.63, 3.8) is 0 Å². The second-order valence-electron chi connectivity index (χ2n) is 6.37. The van der Waals surface area contributed by atoms with E-state index in [4.69, 9.17) is 0 Å². The second kappa shape index (κ2) is 8.35. The first kappa shape index (κ1) is 18.4. The molecular formula is C20H21N3O4. The van der Waals surface area contributed by atoms with Crippen LogP contribution in [0.25, 0.3) is 0 Å². The molecule has 0 aliphatic carbocycles. The number of carbonyl (C=O) groups is 3. The lowest BCUT2D eigenvalue weighted by atomic mass is 10.0. The van der Waals surface area contributed by atoms with Crippen LogP contribution >= 0.6 is 0 Å². The van der Waals surface area contributed by atoms with Crippen molar-refractivity contribution in [1.82, 2.24) is 4.90 Å². The van der Waals surface area contributed by atoms with Gasteiger partial charge in [0.1, 0.15) is 6.04 Å². The van der Waals surface area contributed by atoms with Crippen molar-refractivity contribution in [1.29, 1.82) is 0 Å². The van der Waals surface area contributed by atoms with Crippen molar-refractivity contribution >= 4 is 29.3 Å². The van der Waals surface area contributed by atoms with Crippen LogP contribution in [0.3, 0.4) is 0 Å². The Hall–Kier alpha value is -3.35. The third kappa shape index (κ3) is 4.63. The maximum atomic E-state index is 12.7. The Bertz CT molecular complexity index is 821. The van der Waals surface area contributed by atoms with E-state index in [1.54, 1.807) is 36.4 Å². The summed E-state index contributed by atoms with van der Waals surface area (Å²) in [6.07, 6.45) is 2.08. The summed E-state index contributed by atoms with van der Waals surface area (Å²) in [6, 6.07) is 14.3. The molecule has 0 saturated carbocycles. The highest BCUT2D eigenvalue weighted by Gasteiger charge is 2.32. The molecule has 1 heterocycles. The van der Waals surface area contributed by atoms with Gasteiger partial charge in [-0.25, -0.2) is 9.59 Å². The van der Waals surface area contributed by atoms with E-state index in [1.165, 1.54) is 4.90 Å². The Balaban J connectivity index is 1.63. The van der Waals surface area contributed by atoms with Gasteiger partial charge in [0.25, 0.3) is 5.91 Å². The smallest absolute Gasteiger partial charge is 0.326 e. The first-order valence-electron chi connectivity index (χ1n) is 8.81. The Morgan fingerprint density at radius 3 is 2.15 bits per heavy atom. The number of hydrogen-bond acceptors (Lipinski definition) is 3. The molecule has 1 atom stereocenters. The summed E-state index contributed by atoms with van der Waals surface area (Å²) in [6.45, 7) is 0.440. The van der Waals surface area contributed by atoms with Gasteiger partial charge in [0.15, 0.2) is 0 Å². The van der Waals surface area contributed by atoms with Crippen LogP contribution in [0.5, 0.6) is 0 Å². The number of urea groups is 1. The molecule has 27 heavy (non-hydrogen) atoms. The number of amides is 3. The number of aliphatic carboxylic acids is 1. The Morgan fingerprint density at radius 2 is 1.52 bits per heavy atom. The molecule has 3 amide bonds. The lowest BCUT2D eigenvalue weighted by Gasteiger charge is -2.33. The number of benzene rings is 2. The van der Waals surface area contributed by atoms with E-state index in [0.717, 1.165) is 12.8 Å². The monoisotopic (exact) mass is 367 g/mol. The van der Waals surface area contributed by atoms with Gasteiger partial charge < -0.3 is 20.6 Å². The topological polar surface area (TPSA) is 98.7 Å². The molecule has 3 rings (SSSR count). The molecule has 1 aliphatic heterocycles. The van der Waals surface area contributed by atoms with Gasteiger partial charge in [0.2, 0.25) is 0 Å². The van der Waals surface area contributed by atoms with Crippen LogP contribution in [-0.4, -0.2) is 40.5 Å². The highest BCUT2D eigenvalue weighted by atomic mass is 16.4. The van der Waals surface area contributed by atoms with E-state index in [1.807, 2.05) is 18.2 Å². The molecule has 0 unspecified atom stereocenters. The van der Waals surface area contributed by atoms with Crippen LogP contribution < -0.4 is 10.6 Å². The maximum Gasteiger partial charge on any atom is 0.326 e. The summed E-state index contributed by atoms with van der Waals surface area (Å²) >= 11 is 0. The minimum atomic E-state index is -0.973. The zero-order chi connectivity index (χ0) is 19.2. The molecule has 0 radical (unpaired) electrons. The predicted octanol–water partition coefficient (Wildman–Crippen LogP) is 3.41. The number of para-hydroxylation sites is 1. The fraction of sp³-hybridized carbons (Fsp3) is 0.250. The van der Waals surface area contributed by atoms with E-state index < -0.39 is 12.0 Å². The molecule has 1 saturated heterocycles. The Labute approximate surface area is 157 Å². The van der Waals surface area contributed by atoms with Crippen LogP contribution in [0.1, 0.15) is 29.6 Å². The molecule has 0 aromatic heterocycles. The quantitative estimate of drug-likeness (QED) is 0.771. The first-order chi connectivity index (χ1) is 13.0. The molecule has 1 fully saturated rings. The Morgan fingerprint density at radius 1 is 0.889 bits per heavy atom. The van der Waals surface area contributed by atoms with Crippen LogP contribution in [0.15, 0.2) is 54.6 Å². The maximum absolute atomic E-state index is 12.7. The number of carboxylic acid groups (broad SMARTS) is 1. The molecule has 7 heteroatoms. The van der Waals surface area contributed by atoms with Crippen molar-refractivity contribution < 1.29 is 19.5 Å². The number of piperidine rings is 1. The first-order valence-corrected chi connectivity index (χ1v) is 8.81. The van der Waals surface area contributed by atoms with Crippen molar-refractivity contribution in [2.75, 3.05) is 17.2 Å². The molecule has 1 aliphatic rings. The van der Waals surface area contributed by atoms with E-state index >= 15 is 0 Å². The van der Waals surface area contributed by atoms with Gasteiger partial charge in [-0.3, -0.25) is 4.79 Å². The number of rotatable bonds is 4. The molecule has 2 aromatic carbocycles. The van der Waals surface area contributed by atoms with Gasteiger partial charge in [-0.05, 0) is 55.7 Å². The van der Waals surface area contributed by atoms with Crippen molar-refractivity contribution in [2.45, 2.75) is 25.3 Å². The summed E-state index contributed by atoms with van der Waals surface area (Å²) in [7, 11) is 0. The van der Waals surface area contributed by atoms with Gasteiger partial charge >= 0.3 is 12.0 Å². The number of hydrogen-bond donors (Lipinski definition) is 3. The summed E-state index contributed by atoms with van der Waals surface area (Å²) in [5.74, 6) is -1.28. The molecule has 140 valence electrons. The Kier molecular flexibility index (Phi) is 5.71. The number of carboxylic acids is 1. The summed E-state index contributed by atoms with van der Waals surface area (Å²) in [5.41, 5.74) is 1.61. The van der Waals surface area contributed by atoms with Gasteiger partial charge in [-0.15, -0.1) is 0 Å². The minimum absolute atomic E-state index is 0.303. The third-order valence-corrected chi connectivity index (χ3v) is 4.47. The average molecular weight is 367 g/mol. The van der Waals surface area contributed by atoms with E-state index in [9.17, 15) is 19.5 Å². The molecule has 0 spiro atoms. The van der Waals surface area contributed by atoms with Crippen molar-refractivity contribution in [3.05, 3.63) is 60.2 Å². The molecule has 3 N–H and O–H groups in total. The summed E-state index contributed by atoms with van der Waals surface area (Å²) in [5, 5.41) is 14.7. The normalized spacial score (nSPS) is 16.4. The number of likely N-dealkylation sites (tertiary alicyclic amines) is 1. The zero-order valence-electron chi connectivity index (χ0n) is 14.7. The SMILES string of the molecule is O=C(Nc1ccccc1)Nc1ccc(C(=O)N2CCCC[C@@H]2C(=O)O)cc1. The number of nitrogens with one attached hydrogen (secondary N) is 2. The van der Waals surface area contributed by atoms with E-state index in [-0.39, 0.29) is 11.9 Å². The third-order valence-electron chi connectivity index (χ3n) is 4.47. The molecule has 0 bridgehead atoms. The lowest BCUT2D eigenvalue weighted by Crippen LogP contribution is -2.47. The molecule has 7 nitrogen and oxygen atoms in total. The van der Waals surface area contributed by atoms with Crippen LogP contribution in [0.4, 0.5) is 16.2 Å². The molecular weight excluding hydrogens is 346 g/mol. The largest absolute Gasteiger partial charge is 0.480 e. The highest BCUT2D eigenvalue weighted by molar-refractivity contribution is 6.01. The number of carbonyl (C=O) groups excluding carboxylic acids is 2. The molecule has 2 aromatic rings. The fourth-order valence-corrected chi connectivity index (χ4v) is 3.11. The van der Waals surface area contributed by atoms with Crippen LogP contribution in [0, 0.1) is 0 Å². The number of nitrogens with zero attached hydrogens (tertiary/aromatic N) is 1. The van der Waals surface area contributed by atoms with Gasteiger partial charge in [0, 0.05) is 23.5 Å². The van der Waals surface area contributed by atoms with E-state index in [2.05, 4.69) is 10.6 Å². The number of anilines is 2. The fourth-order valence-electron chi connectivity index (χ4n) is 3.11. The lowest BCUT2D eigenvalue weighted by molar-refractivity contribution is -0.143. The van der Waals surface area contributed by atoms with Crippen LogP contribution in [-0.2, 0) is 4.79 Å². The predicted molar refractivity (Wildman–Crippen MR) is 102 cm³/mol. The minimum Gasteiger partial charge on any atom is -0.480 e. The standard InChI is InChI=1S/C20H21N3O4/c24-18(23-13-5-4-8-17(23)19(25)26)14-9-11-16(12-10-14)22-20(27)21-15-6-2-1-3-7-15/h1-3,6-7,9-12,17H,4-5,8,13H2,(H,25,26)(H2,21,22,27)/t17-/m1/s1. The van der Waals surface area contributed by atoms with Gasteiger partial charge in [-0.1, -0.05) is 18.2 Å². The summed E-state index contributed by atoms with van der Waals surface area (Å²) in [4.78, 5) is 37.4. The average Bonchev–Trinajstić information content (AvgIpc) is 2.68. The van der Waals surface area contributed by atoms with Crippen LogP contribution in [0.2, 0.25) is 0 Å².